The Labute approximate surface area is 229 Å². The van der Waals surface area contributed by atoms with Crippen LogP contribution in [0.25, 0.3) is 11.4 Å². The predicted octanol–water partition coefficient (Wildman–Crippen LogP) is 8.51. The van der Waals surface area contributed by atoms with Crippen LogP contribution in [0.5, 0.6) is 0 Å². The Balaban J connectivity index is 0.000000771. The van der Waals surface area contributed by atoms with E-state index in [2.05, 4.69) is 31.1 Å². The largest absolute Gasteiger partial charge is 0.416 e. The maximum atomic E-state index is 14.7. The summed E-state index contributed by atoms with van der Waals surface area (Å²) in [6.07, 6.45) is -0.137. The van der Waals surface area contributed by atoms with Crippen LogP contribution in [0.2, 0.25) is 0 Å². The SMILES string of the molecule is C=C(NC1C=C(c2ccccc2F)NC(c2ccccc2C(F)(F)F)N1C)c1ccccc1C.CCCCC. The van der Waals surface area contributed by atoms with Crippen LogP contribution in [-0.2, 0) is 6.18 Å². The van der Waals surface area contributed by atoms with Crippen LogP contribution < -0.4 is 10.6 Å². The lowest BCUT2D eigenvalue weighted by Crippen LogP contribution is -2.51. The second kappa shape index (κ2) is 13.5. The Kier molecular flexibility index (Phi) is 10.4. The third-order valence-corrected chi connectivity index (χ3v) is 6.69. The highest BCUT2D eigenvalue weighted by atomic mass is 19.4. The Morgan fingerprint density at radius 3 is 2.18 bits per heavy atom. The van der Waals surface area contributed by atoms with Crippen molar-refractivity contribution in [3.05, 3.63) is 119 Å². The van der Waals surface area contributed by atoms with Crippen LogP contribution in [0.4, 0.5) is 17.6 Å². The lowest BCUT2D eigenvalue weighted by atomic mass is 9.99. The fourth-order valence-electron chi connectivity index (χ4n) is 4.54. The van der Waals surface area contributed by atoms with Crippen LogP contribution in [0.1, 0.15) is 67.1 Å². The van der Waals surface area contributed by atoms with Crippen molar-refractivity contribution in [3.63, 3.8) is 0 Å². The zero-order valence-corrected chi connectivity index (χ0v) is 22.9. The molecule has 1 aliphatic rings. The van der Waals surface area contributed by atoms with Gasteiger partial charge in [-0.1, -0.05) is 94.3 Å². The molecule has 3 aromatic carbocycles. The third kappa shape index (κ3) is 7.51. The second-order valence-electron chi connectivity index (χ2n) is 9.59. The van der Waals surface area contributed by atoms with Gasteiger partial charge in [0.15, 0.2) is 0 Å². The Bertz CT molecular complexity index is 1280. The van der Waals surface area contributed by atoms with Gasteiger partial charge in [0.25, 0.3) is 0 Å². The molecule has 208 valence electrons. The quantitative estimate of drug-likeness (QED) is 0.295. The summed E-state index contributed by atoms with van der Waals surface area (Å²) in [5.74, 6) is -0.467. The number of hydrogen-bond acceptors (Lipinski definition) is 3. The number of unbranched alkanes of at least 4 members (excludes halogenated alkanes) is 2. The molecule has 2 N–H and O–H groups in total. The molecule has 0 saturated carbocycles. The highest BCUT2D eigenvalue weighted by Crippen LogP contribution is 2.38. The summed E-state index contributed by atoms with van der Waals surface area (Å²) in [5, 5.41) is 6.44. The molecular formula is C32H37F4N3. The number of hydrogen-bond donors (Lipinski definition) is 2. The van der Waals surface area contributed by atoms with Gasteiger partial charge in [0.1, 0.15) is 18.1 Å². The summed E-state index contributed by atoms with van der Waals surface area (Å²) in [4.78, 5) is 1.73. The van der Waals surface area contributed by atoms with Crippen LogP contribution in [0.15, 0.2) is 85.5 Å². The standard InChI is InChI=1S/C27H25F4N3.C5H12/c1-17-10-4-5-11-19(17)18(2)32-25-16-24(21-13-7-9-15-23(21)28)33-26(34(25)3)20-12-6-8-14-22(20)27(29,30)31;1-3-5-4-2/h4-16,25-26,32-33H,2H2,1,3H3;3-5H2,1-2H3. The van der Waals surface area contributed by atoms with E-state index in [1.54, 1.807) is 42.3 Å². The minimum Gasteiger partial charge on any atom is -0.366 e. The van der Waals surface area contributed by atoms with Gasteiger partial charge in [-0.25, -0.2) is 4.39 Å². The van der Waals surface area contributed by atoms with Gasteiger partial charge in [0, 0.05) is 22.5 Å². The van der Waals surface area contributed by atoms with Crippen molar-refractivity contribution >= 4 is 11.4 Å². The Morgan fingerprint density at radius 2 is 1.56 bits per heavy atom. The van der Waals surface area contributed by atoms with E-state index < -0.39 is 29.9 Å². The summed E-state index contributed by atoms with van der Waals surface area (Å²) in [7, 11) is 1.71. The molecule has 0 bridgehead atoms. The molecule has 0 aliphatic carbocycles. The number of aryl methyl sites for hydroxylation is 1. The van der Waals surface area contributed by atoms with Crippen molar-refractivity contribution in [1.29, 1.82) is 0 Å². The molecule has 0 saturated heterocycles. The van der Waals surface area contributed by atoms with Crippen LogP contribution in [0.3, 0.4) is 0 Å². The minimum atomic E-state index is -4.54. The topological polar surface area (TPSA) is 27.3 Å². The Hall–Kier alpha value is -3.58. The number of halogens is 4. The monoisotopic (exact) mass is 539 g/mol. The van der Waals surface area contributed by atoms with Crippen molar-refractivity contribution in [3.8, 4) is 0 Å². The first-order valence-corrected chi connectivity index (χ1v) is 13.2. The molecule has 0 spiro atoms. The van der Waals surface area contributed by atoms with E-state index in [-0.39, 0.29) is 11.1 Å². The lowest BCUT2D eigenvalue weighted by Gasteiger charge is -2.41. The molecule has 0 amide bonds. The normalized spacial score (nSPS) is 17.4. The minimum absolute atomic E-state index is 0.0488. The van der Waals surface area contributed by atoms with Crippen molar-refractivity contribution in [2.24, 2.45) is 0 Å². The summed E-state index contributed by atoms with van der Waals surface area (Å²) in [5.41, 5.74) is 2.49. The number of benzene rings is 3. The first-order valence-electron chi connectivity index (χ1n) is 13.2. The fraction of sp³-hybridized carbons (Fsp3) is 0.312. The molecule has 39 heavy (non-hydrogen) atoms. The number of nitrogens with zero attached hydrogens (tertiary/aromatic N) is 1. The number of nitrogens with one attached hydrogen (secondary N) is 2. The number of rotatable bonds is 7. The molecule has 4 rings (SSSR count). The van der Waals surface area contributed by atoms with Gasteiger partial charge in [-0.2, -0.15) is 13.2 Å². The van der Waals surface area contributed by atoms with Crippen LogP contribution >= 0.6 is 0 Å². The van der Waals surface area contributed by atoms with Gasteiger partial charge in [0.05, 0.1) is 5.56 Å². The molecule has 0 fully saturated rings. The summed E-state index contributed by atoms with van der Waals surface area (Å²) in [6.45, 7) is 10.5. The van der Waals surface area contributed by atoms with E-state index in [1.165, 1.54) is 37.5 Å². The molecule has 2 unspecified atom stereocenters. The third-order valence-electron chi connectivity index (χ3n) is 6.69. The summed E-state index contributed by atoms with van der Waals surface area (Å²) < 4.78 is 56.2. The average molecular weight is 540 g/mol. The first kappa shape index (κ1) is 30.0. The van der Waals surface area contributed by atoms with E-state index >= 15 is 0 Å². The van der Waals surface area contributed by atoms with Gasteiger partial charge in [0.2, 0.25) is 0 Å². The first-order chi connectivity index (χ1) is 18.6. The molecule has 3 aromatic rings. The van der Waals surface area contributed by atoms with Crippen molar-refractivity contribution in [1.82, 2.24) is 15.5 Å². The molecule has 0 aromatic heterocycles. The zero-order chi connectivity index (χ0) is 28.6. The number of alkyl halides is 3. The van der Waals surface area contributed by atoms with E-state index in [9.17, 15) is 17.6 Å². The molecule has 3 nitrogen and oxygen atoms in total. The van der Waals surface area contributed by atoms with Gasteiger partial charge in [-0.15, -0.1) is 0 Å². The van der Waals surface area contributed by atoms with Crippen molar-refractivity contribution < 1.29 is 17.6 Å². The predicted molar refractivity (Wildman–Crippen MR) is 152 cm³/mol. The lowest BCUT2D eigenvalue weighted by molar-refractivity contribution is -0.139. The van der Waals surface area contributed by atoms with Crippen molar-refractivity contribution in [2.45, 2.75) is 58.5 Å². The van der Waals surface area contributed by atoms with E-state index in [0.29, 0.717) is 11.4 Å². The maximum absolute atomic E-state index is 14.7. The molecule has 7 heteroatoms. The Morgan fingerprint density at radius 1 is 0.949 bits per heavy atom. The molecular weight excluding hydrogens is 502 g/mol. The fourth-order valence-corrected chi connectivity index (χ4v) is 4.54. The average Bonchev–Trinajstić information content (AvgIpc) is 2.91. The van der Waals surface area contributed by atoms with Crippen molar-refractivity contribution in [2.75, 3.05) is 7.05 Å². The summed E-state index contributed by atoms with van der Waals surface area (Å²) >= 11 is 0. The molecule has 1 aliphatic heterocycles. The maximum Gasteiger partial charge on any atom is 0.416 e. The molecule has 2 atom stereocenters. The zero-order valence-electron chi connectivity index (χ0n) is 22.9. The number of likely N-dealkylation sites (N-methyl/N-ethyl adjacent to an activating group) is 1. The van der Waals surface area contributed by atoms with E-state index in [0.717, 1.165) is 17.2 Å². The molecule has 1 heterocycles. The summed E-state index contributed by atoms with van der Waals surface area (Å²) in [6, 6.07) is 19.3. The van der Waals surface area contributed by atoms with Gasteiger partial charge < -0.3 is 10.6 Å². The highest BCUT2D eigenvalue weighted by Gasteiger charge is 2.38. The van der Waals surface area contributed by atoms with Gasteiger partial charge in [-0.3, -0.25) is 4.90 Å². The second-order valence-corrected chi connectivity index (χ2v) is 9.59. The van der Waals surface area contributed by atoms with Gasteiger partial charge in [-0.05, 0) is 49.4 Å². The smallest absolute Gasteiger partial charge is 0.366 e. The van der Waals surface area contributed by atoms with Crippen LogP contribution in [0, 0.1) is 12.7 Å². The van der Waals surface area contributed by atoms with Gasteiger partial charge >= 0.3 is 6.18 Å². The van der Waals surface area contributed by atoms with Crippen LogP contribution in [-0.4, -0.2) is 18.1 Å². The van der Waals surface area contributed by atoms with E-state index in [4.69, 9.17) is 0 Å². The highest BCUT2D eigenvalue weighted by molar-refractivity contribution is 5.69. The molecule has 0 radical (unpaired) electrons. The van der Waals surface area contributed by atoms with E-state index in [1.807, 2.05) is 31.2 Å².